The molecule has 112 valence electrons. The van der Waals surface area contributed by atoms with Gasteiger partial charge < -0.3 is 9.64 Å². The van der Waals surface area contributed by atoms with Crippen molar-refractivity contribution in [3.63, 3.8) is 0 Å². The number of carbonyl (C=O) groups is 1. The Kier molecular flexibility index (Phi) is 6.13. The van der Waals surface area contributed by atoms with Gasteiger partial charge in [-0.25, -0.2) is 0 Å². The lowest BCUT2D eigenvalue weighted by Gasteiger charge is -2.23. The second-order valence-electron chi connectivity index (χ2n) is 3.88. The molecule has 0 radical (unpaired) electrons. The quantitative estimate of drug-likeness (QED) is 0.736. The van der Waals surface area contributed by atoms with Crippen molar-refractivity contribution < 1.29 is 22.7 Å². The Morgan fingerprint density at radius 3 is 2.60 bits per heavy atom. The standard InChI is InChI=1S/C12H12BrClF3NO2/c1-20-8-2-3-10(13)9(6-8)11(19)18(5-4-14)7-12(15,16)17/h2-3,6H,4-5,7H2,1H3. The summed E-state index contributed by atoms with van der Waals surface area (Å²) in [4.78, 5) is 12.8. The number of methoxy groups -OCH3 is 1. The molecular formula is C12H12BrClF3NO2. The molecule has 3 nitrogen and oxygen atoms in total. The van der Waals surface area contributed by atoms with Crippen molar-refractivity contribution in [3.05, 3.63) is 28.2 Å². The molecule has 0 aromatic heterocycles. The zero-order valence-corrected chi connectivity index (χ0v) is 12.8. The Morgan fingerprint density at radius 2 is 2.10 bits per heavy atom. The summed E-state index contributed by atoms with van der Waals surface area (Å²) in [5.41, 5.74) is 0.0960. The van der Waals surface area contributed by atoms with E-state index in [2.05, 4.69) is 15.9 Å². The molecule has 0 aliphatic rings. The van der Waals surface area contributed by atoms with Gasteiger partial charge >= 0.3 is 6.18 Å². The van der Waals surface area contributed by atoms with Crippen LogP contribution < -0.4 is 4.74 Å². The molecule has 0 heterocycles. The Bertz CT molecular complexity index is 482. The van der Waals surface area contributed by atoms with Crippen molar-refractivity contribution in [2.45, 2.75) is 6.18 Å². The summed E-state index contributed by atoms with van der Waals surface area (Å²) in [7, 11) is 1.41. The number of nitrogens with zero attached hydrogens (tertiary/aromatic N) is 1. The van der Waals surface area contributed by atoms with Crippen molar-refractivity contribution >= 4 is 33.4 Å². The summed E-state index contributed by atoms with van der Waals surface area (Å²) < 4.78 is 42.8. The van der Waals surface area contributed by atoms with E-state index in [9.17, 15) is 18.0 Å². The number of carbonyl (C=O) groups excluding carboxylic acids is 1. The number of hydrogen-bond acceptors (Lipinski definition) is 2. The van der Waals surface area contributed by atoms with Crippen LogP contribution in [-0.2, 0) is 0 Å². The number of ether oxygens (including phenoxy) is 1. The number of amides is 1. The number of alkyl halides is 4. The van der Waals surface area contributed by atoms with Gasteiger partial charge in [0.15, 0.2) is 0 Å². The molecule has 0 saturated carbocycles. The first-order valence-electron chi connectivity index (χ1n) is 5.54. The molecule has 8 heteroatoms. The largest absolute Gasteiger partial charge is 0.497 e. The van der Waals surface area contributed by atoms with Crippen molar-refractivity contribution in [2.24, 2.45) is 0 Å². The first-order chi connectivity index (χ1) is 9.28. The van der Waals surface area contributed by atoms with Gasteiger partial charge in [-0.15, -0.1) is 11.6 Å². The van der Waals surface area contributed by atoms with Crippen LogP contribution in [0.4, 0.5) is 13.2 Å². The van der Waals surface area contributed by atoms with Gasteiger partial charge in [0, 0.05) is 16.9 Å². The summed E-state index contributed by atoms with van der Waals surface area (Å²) >= 11 is 8.60. The number of rotatable bonds is 5. The van der Waals surface area contributed by atoms with Gasteiger partial charge in [0.1, 0.15) is 12.3 Å². The fraction of sp³-hybridized carbons (Fsp3) is 0.417. The maximum absolute atomic E-state index is 12.5. The SMILES string of the molecule is COc1ccc(Br)c(C(=O)N(CCCl)CC(F)(F)F)c1. The third-order valence-electron chi connectivity index (χ3n) is 2.42. The molecule has 0 saturated heterocycles. The zero-order chi connectivity index (χ0) is 15.3. The second kappa shape index (κ2) is 7.17. The molecule has 0 fully saturated rings. The van der Waals surface area contributed by atoms with Crippen LogP contribution in [0.25, 0.3) is 0 Å². The first-order valence-corrected chi connectivity index (χ1v) is 6.86. The molecule has 0 spiro atoms. The van der Waals surface area contributed by atoms with Crippen molar-refractivity contribution in [1.29, 1.82) is 0 Å². The molecule has 0 aliphatic heterocycles. The van der Waals surface area contributed by atoms with Crippen LogP contribution >= 0.6 is 27.5 Å². The molecule has 0 bridgehead atoms. The van der Waals surface area contributed by atoms with Gasteiger partial charge in [0.25, 0.3) is 5.91 Å². The molecule has 0 atom stereocenters. The van der Waals surface area contributed by atoms with Crippen molar-refractivity contribution in [2.75, 3.05) is 26.1 Å². The van der Waals surface area contributed by atoms with Crippen molar-refractivity contribution in [1.82, 2.24) is 4.90 Å². The van der Waals surface area contributed by atoms with E-state index in [0.717, 1.165) is 0 Å². The number of hydrogen-bond donors (Lipinski definition) is 0. The van der Waals surface area contributed by atoms with Crippen molar-refractivity contribution in [3.8, 4) is 5.75 Å². The fourth-order valence-electron chi connectivity index (χ4n) is 1.54. The summed E-state index contributed by atoms with van der Waals surface area (Å²) in [5, 5.41) is 0. The lowest BCUT2D eigenvalue weighted by Crippen LogP contribution is -2.40. The molecular weight excluding hydrogens is 362 g/mol. The van der Waals surface area contributed by atoms with E-state index in [1.54, 1.807) is 12.1 Å². The molecule has 1 aromatic carbocycles. The highest BCUT2D eigenvalue weighted by molar-refractivity contribution is 9.10. The third kappa shape index (κ3) is 4.86. The van der Waals surface area contributed by atoms with E-state index in [-0.39, 0.29) is 18.0 Å². The molecule has 0 aliphatic carbocycles. The number of halogens is 5. The first kappa shape index (κ1) is 17.1. The predicted molar refractivity (Wildman–Crippen MR) is 73.4 cm³/mol. The molecule has 0 N–H and O–H groups in total. The maximum Gasteiger partial charge on any atom is 0.406 e. The van der Waals surface area contributed by atoms with Crippen LogP contribution in [0.1, 0.15) is 10.4 Å². The Hall–Kier alpha value is -0.950. The second-order valence-corrected chi connectivity index (χ2v) is 5.11. The average molecular weight is 375 g/mol. The summed E-state index contributed by atoms with van der Waals surface area (Å²) in [6.45, 7) is -1.54. The summed E-state index contributed by atoms with van der Waals surface area (Å²) in [6, 6.07) is 4.51. The monoisotopic (exact) mass is 373 g/mol. The zero-order valence-electron chi connectivity index (χ0n) is 10.5. The van der Waals surface area contributed by atoms with Gasteiger partial charge in [0.2, 0.25) is 0 Å². The van der Waals surface area contributed by atoms with E-state index in [4.69, 9.17) is 16.3 Å². The van der Waals surface area contributed by atoms with Crippen LogP contribution in [-0.4, -0.2) is 43.1 Å². The maximum atomic E-state index is 12.5. The highest BCUT2D eigenvalue weighted by atomic mass is 79.9. The molecule has 1 amide bonds. The molecule has 20 heavy (non-hydrogen) atoms. The van der Waals surface area contributed by atoms with Gasteiger partial charge in [-0.1, -0.05) is 0 Å². The lowest BCUT2D eigenvalue weighted by atomic mass is 10.2. The van der Waals surface area contributed by atoms with Gasteiger partial charge in [0.05, 0.1) is 12.7 Å². The van der Waals surface area contributed by atoms with Crippen LogP contribution in [0, 0.1) is 0 Å². The van der Waals surface area contributed by atoms with Gasteiger partial charge in [-0.05, 0) is 34.1 Å². The van der Waals surface area contributed by atoms with E-state index in [0.29, 0.717) is 15.1 Å². The smallest absolute Gasteiger partial charge is 0.406 e. The summed E-state index contributed by atoms with van der Waals surface area (Å²) in [6.07, 6.45) is -4.48. The van der Waals surface area contributed by atoms with Crippen LogP contribution in [0.3, 0.4) is 0 Å². The lowest BCUT2D eigenvalue weighted by molar-refractivity contribution is -0.140. The summed E-state index contributed by atoms with van der Waals surface area (Å²) in [5.74, 6) is -0.452. The highest BCUT2D eigenvalue weighted by Crippen LogP contribution is 2.25. The minimum Gasteiger partial charge on any atom is -0.497 e. The van der Waals surface area contributed by atoms with E-state index < -0.39 is 18.6 Å². The highest BCUT2D eigenvalue weighted by Gasteiger charge is 2.33. The van der Waals surface area contributed by atoms with E-state index in [1.807, 2.05) is 0 Å². The normalized spacial score (nSPS) is 11.3. The van der Waals surface area contributed by atoms with Gasteiger partial charge in [-0.3, -0.25) is 4.79 Å². The Labute approximate surface area is 127 Å². The van der Waals surface area contributed by atoms with Crippen LogP contribution in [0.15, 0.2) is 22.7 Å². The van der Waals surface area contributed by atoms with E-state index in [1.165, 1.54) is 13.2 Å². The molecule has 0 unspecified atom stereocenters. The fourth-order valence-corrected chi connectivity index (χ4v) is 2.16. The van der Waals surface area contributed by atoms with Crippen LogP contribution in [0.2, 0.25) is 0 Å². The molecule has 1 aromatic rings. The van der Waals surface area contributed by atoms with Gasteiger partial charge in [-0.2, -0.15) is 13.2 Å². The predicted octanol–water partition coefficient (Wildman–Crippen LogP) is 3.70. The average Bonchev–Trinajstić information content (AvgIpc) is 2.36. The molecule has 1 rings (SSSR count). The topological polar surface area (TPSA) is 29.5 Å². The Balaban J connectivity index is 3.05. The number of benzene rings is 1. The minimum atomic E-state index is -4.48. The van der Waals surface area contributed by atoms with Crippen LogP contribution in [0.5, 0.6) is 5.75 Å². The third-order valence-corrected chi connectivity index (χ3v) is 3.28. The Morgan fingerprint density at radius 1 is 1.45 bits per heavy atom. The minimum absolute atomic E-state index is 0.0800. The van der Waals surface area contributed by atoms with E-state index >= 15 is 0 Å².